The van der Waals surface area contributed by atoms with Gasteiger partial charge in [0, 0.05) is 58.5 Å². The van der Waals surface area contributed by atoms with Gasteiger partial charge in [0.2, 0.25) is 0 Å². The highest BCUT2D eigenvalue weighted by molar-refractivity contribution is 7.92. The number of halogens is 6. The molecular weight excluding hydrogens is 1070 g/mol. The normalized spacial score (nSPS) is 23.1. The average molecular weight is 1120 g/mol. The van der Waals surface area contributed by atoms with E-state index < -0.39 is 82.2 Å². The first-order valence-electron chi connectivity index (χ1n) is 22.7. The van der Waals surface area contributed by atoms with Crippen LogP contribution in [0, 0.1) is 35.1 Å². The fraction of sp³-hybridized carbons (Fsp3) is 0.269. The second kappa shape index (κ2) is 21.2. The third-order valence-corrected chi connectivity index (χ3v) is 20.8. The lowest BCUT2D eigenvalue weighted by atomic mass is 9.75. The Hall–Kier alpha value is -5.25. The third-order valence-electron chi connectivity index (χ3n) is 13.7. The molecule has 4 aliphatic heterocycles. The number of carbonyl (C=O) groups excluding carboxylic acids is 1. The molecule has 7 aromatic rings. The fourth-order valence-corrected chi connectivity index (χ4v) is 16.4. The molecule has 2 saturated heterocycles. The van der Waals surface area contributed by atoms with E-state index in [1.165, 1.54) is 59.9 Å². The fourth-order valence-electron chi connectivity index (χ4n) is 10.3. The molecule has 11 nitrogen and oxygen atoms in total. The van der Waals surface area contributed by atoms with Crippen LogP contribution in [0.4, 0.5) is 23.2 Å². The van der Waals surface area contributed by atoms with Gasteiger partial charge in [-0.25, -0.2) is 39.4 Å². The van der Waals surface area contributed by atoms with Crippen molar-refractivity contribution < 1.29 is 58.1 Å². The van der Waals surface area contributed by atoms with Crippen molar-refractivity contribution in [1.82, 2.24) is 4.98 Å². The number of nitrogen functional groups attached to an aromatic ring is 1. The second-order valence-electron chi connectivity index (χ2n) is 17.6. The summed E-state index contributed by atoms with van der Waals surface area (Å²) in [5, 5.41) is 1.48. The summed E-state index contributed by atoms with van der Waals surface area (Å²) in [6.45, 7) is -0.347. The summed E-state index contributed by atoms with van der Waals surface area (Å²) < 4.78 is 137. The van der Waals surface area contributed by atoms with Crippen molar-refractivity contribution in [3.05, 3.63) is 171 Å². The predicted octanol–water partition coefficient (Wildman–Crippen LogP) is 11.2. The number of nitrogens with two attached hydrogens (primary N) is 1. The van der Waals surface area contributed by atoms with E-state index in [0.29, 0.717) is 22.8 Å². The number of thiazole rings is 1. The summed E-state index contributed by atoms with van der Waals surface area (Å²) in [5.41, 5.74) is 6.40. The van der Waals surface area contributed by atoms with E-state index in [-0.39, 0.29) is 72.4 Å². The Morgan fingerprint density at radius 2 is 1.12 bits per heavy atom. The smallest absolute Gasteiger partial charge is 0.189 e. The van der Waals surface area contributed by atoms with Gasteiger partial charge in [0.1, 0.15) is 27.4 Å². The van der Waals surface area contributed by atoms with Crippen molar-refractivity contribution in [3.8, 4) is 11.5 Å². The van der Waals surface area contributed by atoms with E-state index in [9.17, 15) is 30.4 Å². The number of nitrogens with zero attached hydrogens (tertiary/aromatic N) is 1. The first kappa shape index (κ1) is 52.6. The van der Waals surface area contributed by atoms with Gasteiger partial charge in [-0.05, 0) is 110 Å². The lowest BCUT2D eigenvalue weighted by Gasteiger charge is -2.50. The first-order chi connectivity index (χ1) is 34.9. The van der Waals surface area contributed by atoms with Crippen LogP contribution in [0.25, 0.3) is 10.2 Å². The van der Waals surface area contributed by atoms with Crippen LogP contribution in [0.3, 0.4) is 0 Å². The van der Waals surface area contributed by atoms with Crippen LogP contribution in [0.1, 0.15) is 35.4 Å². The Kier molecular flexibility index (Phi) is 15.3. The zero-order chi connectivity index (χ0) is 51.9. The number of ether oxygens (including phenoxy) is 4. The van der Waals surface area contributed by atoms with Gasteiger partial charge < -0.3 is 29.5 Å². The Morgan fingerprint density at radius 3 is 1.60 bits per heavy atom. The highest BCUT2D eigenvalue weighted by Crippen LogP contribution is 2.57. The van der Waals surface area contributed by atoms with Crippen LogP contribution in [-0.4, -0.2) is 66.7 Å². The molecule has 0 saturated carbocycles. The van der Waals surface area contributed by atoms with Gasteiger partial charge >= 0.3 is 0 Å². The molecule has 0 radical (unpaired) electrons. The number of para-hydroxylation sites is 2. The van der Waals surface area contributed by atoms with Gasteiger partial charge in [-0.3, -0.25) is 0 Å². The number of carbonyl (C=O) groups is 1. The van der Waals surface area contributed by atoms with Crippen molar-refractivity contribution in [1.29, 1.82) is 0 Å². The summed E-state index contributed by atoms with van der Waals surface area (Å²) in [7, 11) is -8.49. The minimum Gasteiger partial charge on any atom is -0.490 e. The Bertz CT molecular complexity index is 3380. The molecule has 0 bridgehead atoms. The Morgan fingerprint density at radius 1 is 0.658 bits per heavy atom. The summed E-state index contributed by atoms with van der Waals surface area (Å²) >= 11 is 17.5. The molecule has 0 unspecified atom stereocenters. The standard InChI is InChI=1S/C26H20ClF2NO4S2.C20H17ClF2O5S.C6H7NS/c27-15-5-7-16(8-6-15)36(31,32)26-11-12-33-21(13-23-30-20-3-1-2-4-22(20)35-23)17(26)14-34-25-19(29)10-9-18(28)24(25)26;21-12-1-3-13(4-2-12)29(25,26)20-8-10-27-17(7-9-24)14(20)11-28-19-16(23)6-5-15(22)18(19)20;7-5-3-1-2-4-6(5)8/h1-10,17,21H,11-14H2;1-6,9,14,17H,7-8,10-11H2;1-4,8H,7H2/t17-,21-,26-;14-,17-,20-;/m00./s1. The van der Waals surface area contributed by atoms with Crippen LogP contribution < -0.4 is 15.2 Å². The summed E-state index contributed by atoms with van der Waals surface area (Å²) in [6, 6.07) is 30.1. The SMILES string of the molecule is Nc1ccccc1S.O=CC[C@@H]1OCC[C@@]2(S(=O)(=O)c3ccc(Cl)cc3)c3c(F)ccc(F)c3OC[C@@H]12.O=S(=O)(c1ccc(Cl)cc1)[C@@]12CCO[C@@H](Cc3nc4ccccc4s3)[C@@H]1COc1c(F)ccc(F)c12. The molecule has 382 valence electrons. The summed E-state index contributed by atoms with van der Waals surface area (Å²) in [6.07, 6.45) is -0.746. The number of hydrogen-bond donors (Lipinski definition) is 2. The first-order valence-corrected chi connectivity index (χ1v) is 27.7. The van der Waals surface area contributed by atoms with E-state index in [4.69, 9.17) is 47.9 Å². The van der Waals surface area contributed by atoms with Crippen LogP contribution in [-0.2, 0) is 49.9 Å². The molecule has 6 atom stereocenters. The lowest BCUT2D eigenvalue weighted by molar-refractivity contribution is -0.117. The molecular formula is C52H44Cl2F4N2O9S4. The van der Waals surface area contributed by atoms with E-state index in [0.717, 1.165) is 50.1 Å². The number of rotatable bonds is 8. The number of aldehydes is 1. The number of benzene rings is 6. The summed E-state index contributed by atoms with van der Waals surface area (Å²) in [5.74, 6) is -5.82. The largest absolute Gasteiger partial charge is 0.490 e. The van der Waals surface area contributed by atoms with Crippen molar-refractivity contribution in [2.24, 2.45) is 11.8 Å². The van der Waals surface area contributed by atoms with Gasteiger partial charge in [0.15, 0.2) is 42.8 Å². The van der Waals surface area contributed by atoms with Crippen molar-refractivity contribution in [2.45, 2.75) is 62.1 Å². The maximum atomic E-state index is 15.5. The van der Waals surface area contributed by atoms with Crippen LogP contribution in [0.5, 0.6) is 11.5 Å². The van der Waals surface area contributed by atoms with Crippen molar-refractivity contribution in [2.75, 3.05) is 32.2 Å². The molecule has 2 N–H and O–H groups in total. The third kappa shape index (κ3) is 9.49. The maximum absolute atomic E-state index is 15.5. The molecule has 21 heteroatoms. The molecule has 4 aliphatic rings. The zero-order valence-electron chi connectivity index (χ0n) is 38.2. The zero-order valence-corrected chi connectivity index (χ0v) is 43.1. The molecule has 11 rings (SSSR count). The molecule has 5 heterocycles. The lowest BCUT2D eigenvalue weighted by Crippen LogP contribution is -2.58. The Balaban J connectivity index is 0.000000159. The number of anilines is 1. The van der Waals surface area contributed by atoms with Gasteiger partial charge in [-0.15, -0.1) is 24.0 Å². The number of thiol groups is 1. The topological polar surface area (TPSA) is 161 Å². The second-order valence-corrected chi connectivity index (χ2v) is 24.4. The molecule has 0 amide bonds. The van der Waals surface area contributed by atoms with Crippen LogP contribution >= 0.6 is 47.2 Å². The van der Waals surface area contributed by atoms with Crippen LogP contribution in [0.15, 0.2) is 136 Å². The highest BCUT2D eigenvalue weighted by Gasteiger charge is 2.63. The molecule has 0 aliphatic carbocycles. The van der Waals surface area contributed by atoms with E-state index in [2.05, 4.69) is 17.6 Å². The van der Waals surface area contributed by atoms with Gasteiger partial charge in [0.05, 0.1) is 61.6 Å². The minimum atomic E-state index is -4.25. The molecule has 2 fully saturated rings. The number of fused-ring (bicyclic) bond motifs is 7. The maximum Gasteiger partial charge on any atom is 0.189 e. The number of aromatic nitrogens is 1. The molecule has 0 spiro atoms. The molecule has 73 heavy (non-hydrogen) atoms. The quantitative estimate of drug-likeness (QED) is 0.0645. The van der Waals surface area contributed by atoms with E-state index in [1.54, 1.807) is 0 Å². The van der Waals surface area contributed by atoms with E-state index >= 15 is 8.78 Å². The van der Waals surface area contributed by atoms with Gasteiger partial charge in [-0.1, -0.05) is 47.5 Å². The average Bonchev–Trinajstić information content (AvgIpc) is 3.80. The number of hydrogen-bond acceptors (Lipinski definition) is 13. The van der Waals surface area contributed by atoms with Crippen molar-refractivity contribution in [3.63, 3.8) is 0 Å². The Labute approximate surface area is 437 Å². The van der Waals surface area contributed by atoms with Crippen LogP contribution in [0.2, 0.25) is 10.0 Å². The number of sulfone groups is 2. The summed E-state index contributed by atoms with van der Waals surface area (Å²) in [4.78, 5) is 16.6. The van der Waals surface area contributed by atoms with Gasteiger partial charge in [-0.2, -0.15) is 0 Å². The monoisotopic (exact) mass is 1110 g/mol. The molecule has 6 aromatic carbocycles. The van der Waals surface area contributed by atoms with Gasteiger partial charge in [0.25, 0.3) is 0 Å². The van der Waals surface area contributed by atoms with Crippen molar-refractivity contribution >= 4 is 89.0 Å². The van der Waals surface area contributed by atoms with E-state index in [1.807, 2.05) is 48.5 Å². The highest BCUT2D eigenvalue weighted by atomic mass is 35.5. The predicted molar refractivity (Wildman–Crippen MR) is 272 cm³/mol. The molecule has 1 aromatic heterocycles. The minimum absolute atomic E-state index is 0.0194.